The second-order valence-corrected chi connectivity index (χ2v) is 10.1. The van der Waals surface area contributed by atoms with Crippen LogP contribution in [0.15, 0.2) is 58.5 Å². The maximum atomic E-state index is 13.6. The smallest absolute Gasteiger partial charge is 0.266 e. The number of carbonyl (C=O) groups excluding carboxylic acids is 1. The molecule has 4 rings (SSSR count). The van der Waals surface area contributed by atoms with Crippen LogP contribution in [-0.2, 0) is 4.79 Å². The standard InChI is InChI=1S/C27H33N3O2S/c1-19(2)21-14-9-11-17-24(21)30-26(32)22-15-8-10-16-23(22)29-27(30)33-18-25(31)28-20-12-6-4-3-5-7-13-20/h8-11,14-17,19-20H,3-7,12-13,18H2,1-2H3,(H,28,31). The minimum absolute atomic E-state index is 0.0108. The van der Waals surface area contributed by atoms with Gasteiger partial charge in [0.1, 0.15) is 0 Å². The van der Waals surface area contributed by atoms with Gasteiger partial charge in [0.2, 0.25) is 5.91 Å². The van der Waals surface area contributed by atoms with Crippen molar-refractivity contribution in [3.05, 3.63) is 64.4 Å². The molecule has 5 nitrogen and oxygen atoms in total. The number of rotatable bonds is 6. The van der Waals surface area contributed by atoms with Crippen molar-refractivity contribution in [1.29, 1.82) is 0 Å². The predicted molar refractivity (Wildman–Crippen MR) is 136 cm³/mol. The van der Waals surface area contributed by atoms with E-state index in [1.54, 1.807) is 4.57 Å². The summed E-state index contributed by atoms with van der Waals surface area (Å²) in [6.07, 6.45) is 8.27. The van der Waals surface area contributed by atoms with Gasteiger partial charge < -0.3 is 5.32 Å². The Bertz CT molecular complexity index is 1160. The number of hydrogen-bond donors (Lipinski definition) is 1. The molecule has 6 heteroatoms. The molecule has 3 aromatic rings. The summed E-state index contributed by atoms with van der Waals surface area (Å²) in [6, 6.07) is 15.6. The molecule has 33 heavy (non-hydrogen) atoms. The van der Waals surface area contributed by atoms with Gasteiger partial charge in [-0.05, 0) is 42.5 Å². The van der Waals surface area contributed by atoms with E-state index in [4.69, 9.17) is 4.98 Å². The van der Waals surface area contributed by atoms with Crippen LogP contribution in [0.4, 0.5) is 0 Å². The third-order valence-corrected chi connectivity index (χ3v) is 7.29. The van der Waals surface area contributed by atoms with Gasteiger partial charge in [0.05, 0.1) is 22.3 Å². The highest BCUT2D eigenvalue weighted by Crippen LogP contribution is 2.27. The van der Waals surface area contributed by atoms with Crippen LogP contribution in [0.5, 0.6) is 0 Å². The average Bonchev–Trinajstić information content (AvgIpc) is 2.79. The fourth-order valence-electron chi connectivity index (χ4n) is 4.60. The zero-order valence-corrected chi connectivity index (χ0v) is 20.4. The van der Waals surface area contributed by atoms with Crippen molar-refractivity contribution >= 4 is 28.6 Å². The van der Waals surface area contributed by atoms with Crippen molar-refractivity contribution in [3.63, 3.8) is 0 Å². The topological polar surface area (TPSA) is 64.0 Å². The zero-order valence-electron chi connectivity index (χ0n) is 19.5. The first-order valence-electron chi connectivity index (χ1n) is 12.1. The lowest BCUT2D eigenvalue weighted by molar-refractivity contribution is -0.119. The Morgan fingerprint density at radius 1 is 1.03 bits per heavy atom. The van der Waals surface area contributed by atoms with E-state index in [0.29, 0.717) is 16.1 Å². The molecule has 0 radical (unpaired) electrons. The quantitative estimate of drug-likeness (QED) is 0.369. The second kappa shape index (κ2) is 11.0. The van der Waals surface area contributed by atoms with Crippen molar-refractivity contribution in [2.75, 3.05) is 5.75 Å². The van der Waals surface area contributed by atoms with Crippen LogP contribution in [0, 0.1) is 0 Å². The average molecular weight is 464 g/mol. The molecule has 1 aromatic heterocycles. The molecular weight excluding hydrogens is 430 g/mol. The summed E-state index contributed by atoms with van der Waals surface area (Å²) in [5.41, 5.74) is 2.47. The van der Waals surface area contributed by atoms with E-state index in [1.807, 2.05) is 42.5 Å². The summed E-state index contributed by atoms with van der Waals surface area (Å²) in [4.78, 5) is 31.2. The number of nitrogens with zero attached hydrogens (tertiary/aromatic N) is 2. The number of benzene rings is 2. The van der Waals surface area contributed by atoms with Gasteiger partial charge >= 0.3 is 0 Å². The second-order valence-electron chi connectivity index (χ2n) is 9.16. The molecule has 1 fully saturated rings. The lowest BCUT2D eigenvalue weighted by Gasteiger charge is -2.21. The third kappa shape index (κ3) is 5.67. The lowest BCUT2D eigenvalue weighted by Crippen LogP contribution is -2.36. The van der Waals surface area contributed by atoms with Gasteiger partial charge in [-0.3, -0.25) is 14.2 Å². The molecule has 1 aliphatic rings. The molecular formula is C27H33N3O2S. The van der Waals surface area contributed by atoms with Gasteiger partial charge in [-0.15, -0.1) is 0 Å². The highest BCUT2D eigenvalue weighted by molar-refractivity contribution is 7.99. The SMILES string of the molecule is CC(C)c1ccccc1-n1c(SCC(=O)NC2CCCCCCC2)nc2ccccc2c1=O. The van der Waals surface area contributed by atoms with Crippen molar-refractivity contribution < 1.29 is 4.79 Å². The van der Waals surface area contributed by atoms with Crippen molar-refractivity contribution in [3.8, 4) is 5.69 Å². The first-order chi connectivity index (χ1) is 16.0. The predicted octanol–water partition coefficient (Wildman–Crippen LogP) is 5.83. The first kappa shape index (κ1) is 23.6. The number of carbonyl (C=O) groups is 1. The third-order valence-electron chi connectivity index (χ3n) is 6.35. The number of fused-ring (bicyclic) bond motifs is 1. The Morgan fingerprint density at radius 2 is 1.70 bits per heavy atom. The summed E-state index contributed by atoms with van der Waals surface area (Å²) >= 11 is 1.34. The number of aromatic nitrogens is 2. The zero-order chi connectivity index (χ0) is 23.2. The monoisotopic (exact) mass is 463 g/mol. The van der Waals surface area contributed by atoms with Gasteiger partial charge in [0, 0.05) is 6.04 Å². The molecule has 1 aliphatic carbocycles. The van der Waals surface area contributed by atoms with Crippen LogP contribution >= 0.6 is 11.8 Å². The summed E-state index contributed by atoms with van der Waals surface area (Å²) < 4.78 is 1.69. The van der Waals surface area contributed by atoms with Gasteiger partial charge in [-0.1, -0.05) is 88.0 Å². The molecule has 0 saturated heterocycles. The Balaban J connectivity index is 1.64. The molecule has 2 aromatic carbocycles. The van der Waals surface area contributed by atoms with Gasteiger partial charge in [-0.2, -0.15) is 0 Å². The molecule has 1 N–H and O–H groups in total. The van der Waals surface area contributed by atoms with Crippen LogP contribution in [0.2, 0.25) is 0 Å². The minimum atomic E-state index is -0.100. The van der Waals surface area contributed by atoms with E-state index in [0.717, 1.165) is 24.1 Å². The summed E-state index contributed by atoms with van der Waals surface area (Å²) in [6.45, 7) is 4.24. The summed E-state index contributed by atoms with van der Waals surface area (Å²) in [5.74, 6) is 0.502. The van der Waals surface area contributed by atoms with Crippen molar-refractivity contribution in [2.45, 2.75) is 75.9 Å². The fourth-order valence-corrected chi connectivity index (χ4v) is 5.42. The molecule has 1 heterocycles. The number of hydrogen-bond acceptors (Lipinski definition) is 4. The highest BCUT2D eigenvalue weighted by Gasteiger charge is 2.19. The maximum Gasteiger partial charge on any atom is 0.266 e. The Hall–Kier alpha value is -2.60. The Kier molecular flexibility index (Phi) is 7.86. The fraction of sp³-hybridized carbons (Fsp3) is 0.444. The molecule has 0 bridgehead atoms. The largest absolute Gasteiger partial charge is 0.353 e. The Labute approximate surface area is 200 Å². The van der Waals surface area contributed by atoms with E-state index in [9.17, 15) is 9.59 Å². The molecule has 1 amide bonds. The number of amides is 1. The van der Waals surface area contributed by atoms with Crippen LogP contribution < -0.4 is 10.9 Å². The van der Waals surface area contributed by atoms with Crippen LogP contribution in [-0.4, -0.2) is 27.3 Å². The number of nitrogens with one attached hydrogen (secondary N) is 1. The van der Waals surface area contributed by atoms with Crippen LogP contribution in [0.1, 0.15) is 70.3 Å². The van der Waals surface area contributed by atoms with Crippen molar-refractivity contribution in [2.24, 2.45) is 0 Å². The minimum Gasteiger partial charge on any atom is -0.353 e. The molecule has 1 saturated carbocycles. The summed E-state index contributed by atoms with van der Waals surface area (Å²) in [7, 11) is 0. The molecule has 0 spiro atoms. The van der Waals surface area contributed by atoms with E-state index in [1.165, 1.54) is 43.9 Å². The first-order valence-corrected chi connectivity index (χ1v) is 13.1. The highest BCUT2D eigenvalue weighted by atomic mass is 32.2. The van der Waals surface area contributed by atoms with Gasteiger partial charge in [0.15, 0.2) is 5.16 Å². The number of para-hydroxylation sites is 2. The van der Waals surface area contributed by atoms with E-state index < -0.39 is 0 Å². The van der Waals surface area contributed by atoms with Gasteiger partial charge in [-0.25, -0.2) is 4.98 Å². The Morgan fingerprint density at radius 3 is 2.45 bits per heavy atom. The van der Waals surface area contributed by atoms with E-state index >= 15 is 0 Å². The normalized spacial score (nSPS) is 15.4. The van der Waals surface area contributed by atoms with E-state index in [2.05, 4.69) is 25.2 Å². The molecule has 0 atom stereocenters. The van der Waals surface area contributed by atoms with Crippen LogP contribution in [0.3, 0.4) is 0 Å². The molecule has 0 aliphatic heterocycles. The van der Waals surface area contributed by atoms with Crippen LogP contribution in [0.25, 0.3) is 16.6 Å². The molecule has 0 unspecified atom stereocenters. The van der Waals surface area contributed by atoms with E-state index in [-0.39, 0.29) is 29.2 Å². The number of thioether (sulfide) groups is 1. The lowest BCUT2D eigenvalue weighted by atomic mass is 9.97. The molecule has 174 valence electrons. The summed E-state index contributed by atoms with van der Waals surface area (Å²) in [5, 5.41) is 4.36. The van der Waals surface area contributed by atoms with Crippen molar-refractivity contribution in [1.82, 2.24) is 14.9 Å². The van der Waals surface area contributed by atoms with Gasteiger partial charge in [0.25, 0.3) is 5.56 Å². The maximum absolute atomic E-state index is 13.6.